The summed E-state index contributed by atoms with van der Waals surface area (Å²) in [5.41, 5.74) is 0. The Labute approximate surface area is 199 Å². The van der Waals surface area contributed by atoms with Crippen LogP contribution >= 0.6 is 0 Å². The molecule has 0 heterocycles. The minimum absolute atomic E-state index is 3.28. The first-order valence-electron chi connectivity index (χ1n) is 6.31. The fraction of sp³-hybridized carbons (Fsp3) is 0. The molecule has 0 radical (unpaired) electrons. The van der Waals surface area contributed by atoms with Crippen LogP contribution in [0.1, 0.15) is 0 Å². The fourth-order valence-electron chi connectivity index (χ4n) is 1.17. The SMILES string of the molecule is O=S(=O)(O)O[SiH2]O[Si](O[Si](OS(=O)(=O)O)(OS(=O)(=O)O)OS(=O)(=O)O)(OS(=O)(=O)O)OS(=O)(=O)O. The van der Waals surface area contributed by atoms with E-state index >= 15 is 0 Å². The van der Waals surface area contributed by atoms with Crippen LogP contribution in [0.15, 0.2) is 0 Å². The van der Waals surface area contributed by atoms with E-state index in [2.05, 4.69) is 31.5 Å². The molecule has 6 N–H and O–H groups in total. The summed E-state index contributed by atoms with van der Waals surface area (Å²) in [6.45, 7) is 0. The van der Waals surface area contributed by atoms with E-state index in [0.717, 1.165) is 0 Å². The lowest BCUT2D eigenvalue weighted by atomic mass is 15.6. The van der Waals surface area contributed by atoms with Gasteiger partial charge in [-0.3, -0.25) is 31.2 Å². The molecule has 0 bridgehead atoms. The molecule has 0 saturated carbocycles. The number of hydrogen-bond acceptors (Lipinski definition) is 20. The van der Waals surface area contributed by atoms with Crippen molar-refractivity contribution in [3.63, 3.8) is 0 Å². The van der Waals surface area contributed by atoms with Gasteiger partial charge < -0.3 is 8.23 Å². The van der Waals surface area contributed by atoms with E-state index in [1.165, 1.54) is 0 Å². The summed E-state index contributed by atoms with van der Waals surface area (Å²) in [5.74, 6) is 0. The Balaban J connectivity index is 7.30. The maximum absolute atomic E-state index is 11.1. The van der Waals surface area contributed by atoms with Crippen molar-refractivity contribution in [3.8, 4) is 0 Å². The van der Waals surface area contributed by atoms with Crippen LogP contribution in [0.25, 0.3) is 0 Å². The normalized spacial score (nSPS) is 15.6. The molecule has 35 heavy (non-hydrogen) atoms. The average Bonchev–Trinajstić information content (AvgIpc) is 2.33. The molecule has 0 rings (SSSR count). The van der Waals surface area contributed by atoms with Crippen LogP contribution < -0.4 is 0 Å². The van der Waals surface area contributed by atoms with Gasteiger partial charge in [0.25, 0.3) is 0 Å². The minimum atomic E-state index is -7.46. The zero-order valence-corrected chi connectivity index (χ0v) is 23.3. The molecule has 0 aromatic carbocycles. The van der Waals surface area contributed by atoms with Crippen molar-refractivity contribution in [2.75, 3.05) is 0 Å². The zero-order valence-electron chi connectivity index (χ0n) is 15.0. The molecule has 0 aliphatic carbocycles. The predicted octanol–water partition coefficient (Wildman–Crippen LogP) is -6.19. The van der Waals surface area contributed by atoms with Gasteiger partial charge in [-0.2, -0.15) is 50.5 Å². The molecule has 0 aliphatic rings. The molecule has 0 aromatic rings. The summed E-state index contributed by atoms with van der Waals surface area (Å²) in [4.78, 5) is 0. The van der Waals surface area contributed by atoms with Gasteiger partial charge in [0.2, 0.25) is 0 Å². The summed E-state index contributed by atoms with van der Waals surface area (Å²) in [6.07, 6.45) is 0. The molecule has 0 atom stereocenters. The van der Waals surface area contributed by atoms with Crippen molar-refractivity contribution >= 4 is 90.5 Å². The highest BCUT2D eigenvalue weighted by atomic mass is 32.3. The summed E-state index contributed by atoms with van der Waals surface area (Å²) in [5, 5.41) is 0. The van der Waals surface area contributed by atoms with Crippen molar-refractivity contribution in [3.05, 3.63) is 0 Å². The van der Waals surface area contributed by atoms with E-state index in [9.17, 15) is 50.5 Å². The maximum atomic E-state index is 11.1. The fourth-order valence-corrected chi connectivity index (χ4v) is 14.9. The van der Waals surface area contributed by atoms with Gasteiger partial charge in [-0.1, -0.05) is 0 Å². The molecule has 0 saturated heterocycles. The van der Waals surface area contributed by atoms with Gasteiger partial charge in [-0.15, -0.1) is 0 Å². The van der Waals surface area contributed by atoms with E-state index in [1.54, 1.807) is 0 Å². The topological polar surface area (TPSA) is 400 Å². The van der Waals surface area contributed by atoms with Crippen LogP contribution in [0.5, 0.6) is 0 Å². The van der Waals surface area contributed by atoms with Crippen LogP contribution in [-0.2, 0) is 93.9 Å². The summed E-state index contributed by atoms with van der Waals surface area (Å²) in [7, 11) is -55.9. The molecule has 0 aliphatic heterocycles. The van der Waals surface area contributed by atoms with E-state index in [4.69, 9.17) is 27.3 Å². The molecule has 0 unspecified atom stereocenters. The smallest absolute Gasteiger partial charge is 0.373 e. The molecule has 212 valence electrons. The highest BCUT2D eigenvalue weighted by Gasteiger charge is 2.69. The lowest BCUT2D eigenvalue weighted by Gasteiger charge is -2.30. The first-order valence-corrected chi connectivity index (χ1v) is 18.9. The Hall–Kier alpha value is -0.209. The third-order valence-corrected chi connectivity index (χ3v) is 15.5. The second-order valence-corrected chi connectivity index (χ2v) is 18.1. The Morgan fingerprint density at radius 3 is 0.914 bits per heavy atom. The summed E-state index contributed by atoms with van der Waals surface area (Å²) in [6, 6.07) is 0. The Bertz CT molecular complexity index is 1270. The molecule has 35 heteroatoms. The van der Waals surface area contributed by atoms with Crippen LogP contribution in [0.4, 0.5) is 0 Å². The van der Waals surface area contributed by atoms with Gasteiger partial charge in [-0.25, -0.2) is 19.4 Å². The van der Waals surface area contributed by atoms with Crippen LogP contribution in [0.2, 0.25) is 0 Å². The predicted molar refractivity (Wildman–Crippen MR) is 98.0 cm³/mol. The molecule has 0 aromatic heterocycles. The molecule has 26 nitrogen and oxygen atoms in total. The van der Waals surface area contributed by atoms with Gasteiger partial charge in [0.1, 0.15) is 0 Å². The highest BCUT2D eigenvalue weighted by molar-refractivity contribution is 7.85. The van der Waals surface area contributed by atoms with Gasteiger partial charge in [0.05, 0.1) is 0 Å². The third kappa shape index (κ3) is 17.8. The van der Waals surface area contributed by atoms with Crippen LogP contribution in [0.3, 0.4) is 0 Å². The van der Waals surface area contributed by atoms with E-state index in [-0.39, 0.29) is 0 Å². The number of hydrogen-bond donors (Lipinski definition) is 6. The van der Waals surface area contributed by atoms with Gasteiger partial charge in [-0.05, 0) is 0 Å². The third-order valence-electron chi connectivity index (χ3n) is 1.72. The highest BCUT2D eigenvalue weighted by Crippen LogP contribution is 2.28. The number of rotatable bonds is 16. The lowest BCUT2D eigenvalue weighted by Crippen LogP contribution is -2.64. The van der Waals surface area contributed by atoms with E-state index in [0.29, 0.717) is 0 Å². The molecular weight excluding hydrogens is 693 g/mol. The van der Waals surface area contributed by atoms with Crippen molar-refractivity contribution in [2.45, 2.75) is 0 Å². The Morgan fingerprint density at radius 2 is 0.686 bits per heavy atom. The zero-order chi connectivity index (χ0) is 28.4. The Kier molecular flexibility index (Phi) is 11.2. The molecule has 0 fully saturated rings. The standard InChI is InChI=1S/H8O26S6Si3/c1-27(2,3)19-33-25-35(23-31(13,14)15,24-32(16,17)18)26-34(20-28(4,5)6,21-29(7,8)9)22-30(10,11)12/h33H2,(H,1,2,3)(H,4,5,6)(H,7,8,9)(H,10,11,12)(H,13,14,15)(H,16,17,18). The van der Waals surface area contributed by atoms with E-state index in [1.807, 2.05) is 0 Å². The van der Waals surface area contributed by atoms with Crippen molar-refractivity contribution < 1.29 is 109 Å². The molecular formula is H8O26S6Si3. The van der Waals surface area contributed by atoms with Crippen LogP contribution in [0, 0.1) is 0 Å². The van der Waals surface area contributed by atoms with Gasteiger partial charge in [0.15, 0.2) is 0 Å². The Morgan fingerprint density at radius 1 is 0.429 bits per heavy atom. The second-order valence-electron chi connectivity index (χ2n) is 4.47. The average molecular weight is 701 g/mol. The maximum Gasteiger partial charge on any atom is 0.724 e. The minimum Gasteiger partial charge on any atom is -0.373 e. The summed E-state index contributed by atoms with van der Waals surface area (Å²) >= 11 is 0. The first kappa shape index (κ1) is 34.8. The first-order chi connectivity index (χ1) is 14.9. The monoisotopic (exact) mass is 700 g/mol. The summed E-state index contributed by atoms with van der Waals surface area (Å²) < 4.78 is 212. The molecule has 0 amide bonds. The largest absolute Gasteiger partial charge is 0.724 e. The quantitative estimate of drug-likeness (QED) is 0.0644. The van der Waals surface area contributed by atoms with Crippen molar-refractivity contribution in [1.82, 2.24) is 0 Å². The second kappa shape index (κ2) is 11.3. The van der Waals surface area contributed by atoms with Gasteiger partial charge in [0, 0.05) is 0 Å². The molecule has 0 spiro atoms. The van der Waals surface area contributed by atoms with Crippen LogP contribution in [-0.4, -0.2) is 106 Å². The van der Waals surface area contributed by atoms with Gasteiger partial charge >= 0.3 is 90.5 Å². The van der Waals surface area contributed by atoms with E-state index < -0.39 is 90.5 Å². The lowest BCUT2D eigenvalue weighted by molar-refractivity contribution is 0.0701. The van der Waals surface area contributed by atoms with Crippen molar-refractivity contribution in [2.24, 2.45) is 0 Å². The van der Waals surface area contributed by atoms with Crippen molar-refractivity contribution in [1.29, 1.82) is 0 Å².